The molecule has 2 N–H and O–H groups in total. The van der Waals surface area contributed by atoms with Crippen molar-refractivity contribution in [2.24, 2.45) is 5.73 Å². The van der Waals surface area contributed by atoms with E-state index in [0.29, 0.717) is 30.8 Å². The van der Waals surface area contributed by atoms with E-state index in [1.54, 1.807) is 13.2 Å². The van der Waals surface area contributed by atoms with Gasteiger partial charge in [0.25, 0.3) is 0 Å². The first kappa shape index (κ1) is 15.3. The fraction of sp³-hybridized carbons (Fsp3) is 0.467. The molecule has 1 amide bonds. The maximum atomic E-state index is 11.5. The molecule has 1 aliphatic rings. The summed E-state index contributed by atoms with van der Waals surface area (Å²) >= 11 is 0. The molecule has 1 heterocycles. The van der Waals surface area contributed by atoms with Crippen molar-refractivity contribution >= 4 is 5.91 Å². The number of nitrogens with zero attached hydrogens (tertiary/aromatic N) is 2. The minimum absolute atomic E-state index is 0.0165. The summed E-state index contributed by atoms with van der Waals surface area (Å²) in [6, 6.07) is 7.15. The van der Waals surface area contributed by atoms with Crippen LogP contribution in [0.3, 0.4) is 0 Å². The van der Waals surface area contributed by atoms with Crippen LogP contribution in [0.5, 0.6) is 5.75 Å². The Kier molecular flexibility index (Phi) is 4.78. The molecule has 1 saturated heterocycles. The summed E-state index contributed by atoms with van der Waals surface area (Å²) in [6.07, 6.45) is 0.627. The summed E-state index contributed by atoms with van der Waals surface area (Å²) in [4.78, 5) is 13.5. The molecule has 2 atom stereocenters. The summed E-state index contributed by atoms with van der Waals surface area (Å²) in [6.45, 7) is 1.22. The number of carbonyl (C=O) groups excluding carboxylic acids is 1. The van der Waals surface area contributed by atoms with Crippen LogP contribution in [0.1, 0.15) is 17.5 Å². The topological polar surface area (TPSA) is 88.6 Å². The zero-order valence-electron chi connectivity index (χ0n) is 12.2. The molecule has 1 aliphatic heterocycles. The molecule has 2 rings (SSSR count). The summed E-state index contributed by atoms with van der Waals surface area (Å²) < 4.78 is 10.5. The number of nitrogens with two attached hydrogens (primary N) is 1. The van der Waals surface area contributed by atoms with E-state index >= 15 is 0 Å². The summed E-state index contributed by atoms with van der Waals surface area (Å²) in [5, 5.41) is 8.99. The van der Waals surface area contributed by atoms with Crippen molar-refractivity contribution in [1.29, 1.82) is 5.26 Å². The van der Waals surface area contributed by atoms with Crippen LogP contribution in [0, 0.1) is 11.3 Å². The Balaban J connectivity index is 2.17. The highest BCUT2D eigenvalue weighted by molar-refractivity contribution is 5.80. The zero-order chi connectivity index (χ0) is 15.4. The highest BCUT2D eigenvalue weighted by Crippen LogP contribution is 2.25. The number of methoxy groups -OCH3 is 2. The van der Waals surface area contributed by atoms with Crippen LogP contribution in [-0.2, 0) is 16.1 Å². The van der Waals surface area contributed by atoms with Crippen molar-refractivity contribution in [2.45, 2.75) is 25.1 Å². The average Bonchev–Trinajstić information content (AvgIpc) is 2.90. The van der Waals surface area contributed by atoms with Gasteiger partial charge in [0.2, 0.25) is 5.91 Å². The Hall–Kier alpha value is -2.10. The highest BCUT2D eigenvalue weighted by atomic mass is 16.5. The van der Waals surface area contributed by atoms with E-state index in [1.165, 1.54) is 7.11 Å². The number of hydrogen-bond acceptors (Lipinski definition) is 5. The predicted octanol–water partition coefficient (Wildman–Crippen LogP) is 0.641. The first-order chi connectivity index (χ1) is 10.1. The van der Waals surface area contributed by atoms with E-state index in [2.05, 4.69) is 6.07 Å². The number of likely N-dealkylation sites (tertiary alicyclic amines) is 1. The SMILES string of the molecule is COc1cc(CN2C[C@@H](OC)C[C@H]2C(N)=O)ccc1C#N. The van der Waals surface area contributed by atoms with Gasteiger partial charge in [-0.15, -0.1) is 0 Å². The quantitative estimate of drug-likeness (QED) is 0.859. The smallest absolute Gasteiger partial charge is 0.234 e. The first-order valence-electron chi connectivity index (χ1n) is 6.72. The third-order valence-corrected chi connectivity index (χ3v) is 3.80. The summed E-state index contributed by atoms with van der Waals surface area (Å²) in [5.74, 6) is 0.197. The normalized spacial score (nSPS) is 22.0. The number of primary amides is 1. The van der Waals surface area contributed by atoms with E-state index in [4.69, 9.17) is 20.5 Å². The van der Waals surface area contributed by atoms with E-state index in [-0.39, 0.29) is 18.1 Å². The number of benzene rings is 1. The van der Waals surface area contributed by atoms with Gasteiger partial charge in [-0.3, -0.25) is 9.69 Å². The Morgan fingerprint density at radius 2 is 2.29 bits per heavy atom. The number of rotatable bonds is 5. The van der Waals surface area contributed by atoms with Crippen LogP contribution in [0.2, 0.25) is 0 Å². The van der Waals surface area contributed by atoms with Gasteiger partial charge in [-0.25, -0.2) is 0 Å². The van der Waals surface area contributed by atoms with Crippen molar-refractivity contribution in [2.75, 3.05) is 20.8 Å². The van der Waals surface area contributed by atoms with Crippen LogP contribution in [-0.4, -0.2) is 43.7 Å². The first-order valence-corrected chi connectivity index (χ1v) is 6.72. The molecule has 21 heavy (non-hydrogen) atoms. The van der Waals surface area contributed by atoms with Gasteiger partial charge < -0.3 is 15.2 Å². The predicted molar refractivity (Wildman–Crippen MR) is 76.5 cm³/mol. The molecule has 1 fully saturated rings. The second kappa shape index (κ2) is 6.57. The van der Waals surface area contributed by atoms with E-state index in [0.717, 1.165) is 5.56 Å². The number of amides is 1. The van der Waals surface area contributed by atoms with Crippen molar-refractivity contribution in [3.8, 4) is 11.8 Å². The molecule has 0 saturated carbocycles. The molecular formula is C15H19N3O3. The van der Waals surface area contributed by atoms with Gasteiger partial charge in [-0.05, 0) is 24.1 Å². The van der Waals surface area contributed by atoms with Crippen LogP contribution in [0.25, 0.3) is 0 Å². The molecular weight excluding hydrogens is 270 g/mol. The number of hydrogen-bond donors (Lipinski definition) is 1. The number of carbonyl (C=O) groups is 1. The van der Waals surface area contributed by atoms with Crippen LogP contribution in [0.4, 0.5) is 0 Å². The fourth-order valence-corrected chi connectivity index (χ4v) is 2.66. The van der Waals surface area contributed by atoms with Crippen molar-refractivity contribution in [1.82, 2.24) is 4.90 Å². The Morgan fingerprint density at radius 3 is 2.86 bits per heavy atom. The standard InChI is InChI=1S/C15H19N3O3/c1-20-12-6-13(15(17)19)18(9-12)8-10-3-4-11(7-16)14(5-10)21-2/h3-5,12-13H,6,8-9H2,1-2H3,(H2,17,19)/t12-,13-/m0/s1. The van der Waals surface area contributed by atoms with Gasteiger partial charge in [-0.1, -0.05) is 6.07 Å². The zero-order valence-corrected chi connectivity index (χ0v) is 12.2. The number of nitriles is 1. The molecule has 1 aromatic rings. The van der Waals surface area contributed by atoms with Gasteiger partial charge in [0, 0.05) is 20.2 Å². The lowest BCUT2D eigenvalue weighted by Crippen LogP contribution is -2.39. The van der Waals surface area contributed by atoms with Crippen LogP contribution < -0.4 is 10.5 Å². The fourth-order valence-electron chi connectivity index (χ4n) is 2.66. The monoisotopic (exact) mass is 289 g/mol. The molecule has 6 heteroatoms. The van der Waals surface area contributed by atoms with Gasteiger partial charge in [0.1, 0.15) is 11.8 Å². The third kappa shape index (κ3) is 3.32. The largest absolute Gasteiger partial charge is 0.495 e. The van der Waals surface area contributed by atoms with Crippen molar-refractivity contribution < 1.29 is 14.3 Å². The Labute approximate surface area is 124 Å². The Bertz CT molecular complexity index is 568. The third-order valence-electron chi connectivity index (χ3n) is 3.80. The minimum atomic E-state index is -0.338. The molecule has 0 bridgehead atoms. The van der Waals surface area contributed by atoms with E-state index in [1.807, 2.05) is 17.0 Å². The summed E-state index contributed by atoms with van der Waals surface area (Å²) in [5.41, 5.74) is 6.91. The van der Waals surface area contributed by atoms with Crippen LogP contribution in [0.15, 0.2) is 18.2 Å². The van der Waals surface area contributed by atoms with Gasteiger partial charge >= 0.3 is 0 Å². The lowest BCUT2D eigenvalue weighted by molar-refractivity contribution is -0.122. The second-order valence-corrected chi connectivity index (χ2v) is 5.09. The van der Waals surface area contributed by atoms with Crippen molar-refractivity contribution in [3.05, 3.63) is 29.3 Å². The van der Waals surface area contributed by atoms with Gasteiger partial charge in [-0.2, -0.15) is 5.26 Å². The molecule has 0 spiro atoms. The van der Waals surface area contributed by atoms with Gasteiger partial charge in [0.05, 0.1) is 24.8 Å². The molecule has 6 nitrogen and oxygen atoms in total. The van der Waals surface area contributed by atoms with Gasteiger partial charge in [0.15, 0.2) is 0 Å². The Morgan fingerprint density at radius 1 is 1.52 bits per heavy atom. The average molecular weight is 289 g/mol. The maximum absolute atomic E-state index is 11.5. The molecule has 0 aliphatic carbocycles. The lowest BCUT2D eigenvalue weighted by Gasteiger charge is -2.21. The minimum Gasteiger partial charge on any atom is -0.495 e. The van der Waals surface area contributed by atoms with Crippen LogP contribution >= 0.6 is 0 Å². The second-order valence-electron chi connectivity index (χ2n) is 5.09. The summed E-state index contributed by atoms with van der Waals surface area (Å²) in [7, 11) is 3.17. The van der Waals surface area contributed by atoms with Crippen molar-refractivity contribution in [3.63, 3.8) is 0 Å². The lowest BCUT2D eigenvalue weighted by atomic mass is 10.1. The maximum Gasteiger partial charge on any atom is 0.234 e. The van der Waals surface area contributed by atoms with E-state index in [9.17, 15) is 4.79 Å². The van der Waals surface area contributed by atoms with E-state index < -0.39 is 0 Å². The molecule has 0 aromatic heterocycles. The number of ether oxygens (including phenoxy) is 2. The molecule has 0 radical (unpaired) electrons. The highest BCUT2D eigenvalue weighted by Gasteiger charge is 2.35. The molecule has 112 valence electrons. The molecule has 0 unspecified atom stereocenters. The molecule has 1 aromatic carbocycles.